The molecule has 1 aromatic rings. The quantitative estimate of drug-likeness (QED) is 0.848. The van der Waals surface area contributed by atoms with E-state index in [9.17, 15) is 5.11 Å². The van der Waals surface area contributed by atoms with E-state index in [0.29, 0.717) is 6.61 Å². The molecule has 0 saturated carbocycles. The van der Waals surface area contributed by atoms with Crippen LogP contribution in [0.4, 0.5) is 5.69 Å². The number of hydrogen-bond donors (Lipinski definition) is 1. The van der Waals surface area contributed by atoms with Gasteiger partial charge in [0.2, 0.25) is 5.54 Å². The van der Waals surface area contributed by atoms with Crippen molar-refractivity contribution in [1.29, 1.82) is 0 Å². The second-order valence-electron chi connectivity index (χ2n) is 5.66. The molecule has 1 atom stereocenters. The van der Waals surface area contributed by atoms with Crippen LogP contribution in [0.3, 0.4) is 0 Å². The number of anilines is 1. The van der Waals surface area contributed by atoms with E-state index in [2.05, 4.69) is 29.2 Å². The van der Waals surface area contributed by atoms with Crippen LogP contribution in [0.2, 0.25) is 0 Å². The van der Waals surface area contributed by atoms with Crippen molar-refractivity contribution in [3.05, 3.63) is 35.9 Å². The molecule has 4 nitrogen and oxygen atoms in total. The monoisotopic (exact) mass is 275 g/mol. The number of aliphatic hydroxyl groups excluding tert-OH is 1. The highest BCUT2D eigenvalue weighted by atomic mass is 16.5. The van der Waals surface area contributed by atoms with Crippen LogP contribution in [0.25, 0.3) is 6.08 Å². The summed E-state index contributed by atoms with van der Waals surface area (Å²) in [6.45, 7) is 2.58. The highest BCUT2D eigenvalue weighted by Crippen LogP contribution is 2.17. The van der Waals surface area contributed by atoms with E-state index >= 15 is 0 Å². The van der Waals surface area contributed by atoms with Crippen LogP contribution in [0.15, 0.2) is 30.3 Å². The SMILES string of the molecule is CN(C)c1ccc(C=CC2=[N+](C)C(C)(CO)CO2)cc1. The van der Waals surface area contributed by atoms with Crippen molar-refractivity contribution in [2.24, 2.45) is 0 Å². The van der Waals surface area contributed by atoms with E-state index in [0.717, 1.165) is 11.5 Å². The zero-order valence-electron chi connectivity index (χ0n) is 12.6. The summed E-state index contributed by atoms with van der Waals surface area (Å²) in [4.78, 5) is 2.07. The normalized spacial score (nSPS) is 22.4. The van der Waals surface area contributed by atoms with Crippen molar-refractivity contribution in [3.63, 3.8) is 0 Å². The van der Waals surface area contributed by atoms with E-state index in [1.54, 1.807) is 0 Å². The van der Waals surface area contributed by atoms with Gasteiger partial charge in [-0.3, -0.25) is 0 Å². The second kappa shape index (κ2) is 5.67. The summed E-state index contributed by atoms with van der Waals surface area (Å²) in [5.41, 5.74) is 1.98. The molecule has 0 radical (unpaired) electrons. The van der Waals surface area contributed by atoms with Gasteiger partial charge in [0.1, 0.15) is 13.7 Å². The Balaban J connectivity index is 2.14. The zero-order chi connectivity index (χ0) is 14.8. The van der Waals surface area contributed by atoms with Crippen LogP contribution >= 0.6 is 0 Å². The van der Waals surface area contributed by atoms with Crippen LogP contribution in [0, 0.1) is 0 Å². The maximum atomic E-state index is 9.42. The molecule has 108 valence electrons. The molecule has 0 amide bonds. The fourth-order valence-electron chi connectivity index (χ4n) is 2.05. The number of aliphatic hydroxyl groups is 1. The number of benzene rings is 1. The summed E-state index contributed by atoms with van der Waals surface area (Å²) in [5.74, 6) is 0.790. The van der Waals surface area contributed by atoms with Gasteiger partial charge in [-0.1, -0.05) is 12.1 Å². The molecular formula is C16H23N2O2+. The number of likely N-dealkylation sites (N-methyl/N-ethyl adjacent to an activating group) is 1. The largest absolute Gasteiger partial charge is 0.437 e. The summed E-state index contributed by atoms with van der Waals surface area (Å²) in [7, 11) is 5.99. The Bertz CT molecular complexity index is 532. The van der Waals surface area contributed by atoms with Crippen LogP contribution in [0.1, 0.15) is 12.5 Å². The zero-order valence-corrected chi connectivity index (χ0v) is 12.6. The lowest BCUT2D eigenvalue weighted by atomic mass is 10.1. The average molecular weight is 275 g/mol. The fourth-order valence-corrected chi connectivity index (χ4v) is 2.05. The lowest BCUT2D eigenvalue weighted by molar-refractivity contribution is -0.570. The highest BCUT2D eigenvalue weighted by molar-refractivity contribution is 5.88. The van der Waals surface area contributed by atoms with Crippen molar-refractivity contribution in [1.82, 2.24) is 0 Å². The molecule has 0 aliphatic carbocycles. The molecule has 0 aromatic heterocycles. The minimum absolute atomic E-state index is 0.0817. The summed E-state index contributed by atoms with van der Waals surface area (Å²) in [6.07, 6.45) is 3.97. The van der Waals surface area contributed by atoms with E-state index in [4.69, 9.17) is 4.74 Å². The molecular weight excluding hydrogens is 252 g/mol. The van der Waals surface area contributed by atoms with E-state index in [1.165, 1.54) is 5.69 Å². The van der Waals surface area contributed by atoms with E-state index < -0.39 is 0 Å². The minimum Gasteiger partial charge on any atom is -0.437 e. The fraction of sp³-hybridized carbons (Fsp3) is 0.438. The summed E-state index contributed by atoms with van der Waals surface area (Å²) < 4.78 is 7.63. The van der Waals surface area contributed by atoms with Crippen LogP contribution < -0.4 is 4.90 Å². The van der Waals surface area contributed by atoms with Gasteiger partial charge < -0.3 is 14.7 Å². The molecule has 1 unspecified atom stereocenters. The number of ether oxygens (including phenoxy) is 1. The standard InChI is InChI=1S/C16H23N2O2/c1-16(11-19)12-20-15(18(16)4)10-7-13-5-8-14(9-6-13)17(2)3/h5-10,19H,11-12H2,1-4H3/q+1. The number of nitrogens with zero attached hydrogens (tertiary/aromatic N) is 2. The van der Waals surface area contributed by atoms with Gasteiger partial charge in [-0.15, -0.1) is 0 Å². The maximum absolute atomic E-state index is 9.42. The Kier molecular flexibility index (Phi) is 4.14. The molecule has 1 heterocycles. The summed E-state index contributed by atoms with van der Waals surface area (Å²) in [6, 6.07) is 8.32. The molecule has 1 N–H and O–H groups in total. The maximum Gasteiger partial charge on any atom is 0.363 e. The summed E-state index contributed by atoms with van der Waals surface area (Å²) >= 11 is 0. The van der Waals surface area contributed by atoms with Gasteiger partial charge in [-0.05, 0) is 23.8 Å². The van der Waals surface area contributed by atoms with Crippen molar-refractivity contribution < 1.29 is 14.4 Å². The summed E-state index contributed by atoms with van der Waals surface area (Å²) in [5, 5.41) is 9.42. The Hall–Kier alpha value is -1.81. The van der Waals surface area contributed by atoms with Gasteiger partial charge in [0.05, 0.1) is 6.08 Å². The molecule has 20 heavy (non-hydrogen) atoms. The van der Waals surface area contributed by atoms with E-state index in [1.807, 2.05) is 44.8 Å². The topological polar surface area (TPSA) is 35.7 Å². The molecule has 4 heteroatoms. The molecule has 0 spiro atoms. The van der Waals surface area contributed by atoms with Gasteiger partial charge >= 0.3 is 5.90 Å². The smallest absolute Gasteiger partial charge is 0.363 e. The first-order valence-corrected chi connectivity index (χ1v) is 6.76. The average Bonchev–Trinajstić information content (AvgIpc) is 2.74. The molecule has 0 bridgehead atoms. The van der Waals surface area contributed by atoms with Crippen molar-refractivity contribution in [3.8, 4) is 0 Å². The number of rotatable bonds is 4. The van der Waals surface area contributed by atoms with Crippen molar-refractivity contribution >= 4 is 17.7 Å². The molecule has 1 aliphatic heterocycles. The molecule has 1 aliphatic rings. The highest BCUT2D eigenvalue weighted by Gasteiger charge is 2.42. The predicted octanol–water partition coefficient (Wildman–Crippen LogP) is 1.59. The van der Waals surface area contributed by atoms with Gasteiger partial charge in [-0.2, -0.15) is 4.58 Å². The first-order valence-electron chi connectivity index (χ1n) is 6.76. The second-order valence-corrected chi connectivity index (χ2v) is 5.66. The number of hydrogen-bond acceptors (Lipinski definition) is 3. The van der Waals surface area contributed by atoms with Crippen LogP contribution in [-0.4, -0.2) is 55.5 Å². The Morgan fingerprint density at radius 1 is 1.30 bits per heavy atom. The third-order valence-corrected chi connectivity index (χ3v) is 3.84. The minimum atomic E-state index is -0.325. The predicted molar refractivity (Wildman–Crippen MR) is 82.4 cm³/mol. The van der Waals surface area contributed by atoms with Gasteiger partial charge in [0, 0.05) is 26.7 Å². The van der Waals surface area contributed by atoms with Gasteiger partial charge in [0.25, 0.3) is 0 Å². The molecule has 1 aromatic carbocycles. The first kappa shape index (κ1) is 14.6. The Morgan fingerprint density at radius 2 is 1.95 bits per heavy atom. The van der Waals surface area contributed by atoms with Gasteiger partial charge in [0.15, 0.2) is 6.61 Å². The lowest BCUT2D eigenvalue weighted by Crippen LogP contribution is -2.40. The van der Waals surface area contributed by atoms with Gasteiger partial charge in [-0.25, -0.2) is 0 Å². The van der Waals surface area contributed by atoms with Crippen molar-refractivity contribution in [2.75, 3.05) is 39.3 Å². The van der Waals surface area contributed by atoms with Crippen molar-refractivity contribution in [2.45, 2.75) is 12.5 Å². The third-order valence-electron chi connectivity index (χ3n) is 3.84. The first-order chi connectivity index (χ1) is 9.46. The van der Waals surface area contributed by atoms with Crippen LogP contribution in [-0.2, 0) is 4.74 Å². The Labute approximate surface area is 120 Å². The molecule has 0 saturated heterocycles. The Morgan fingerprint density at radius 3 is 2.45 bits per heavy atom. The van der Waals surface area contributed by atoms with Crippen LogP contribution in [0.5, 0.6) is 0 Å². The lowest BCUT2D eigenvalue weighted by Gasteiger charge is -2.13. The molecule has 0 fully saturated rings. The van der Waals surface area contributed by atoms with E-state index in [-0.39, 0.29) is 12.1 Å². The molecule has 2 rings (SSSR count). The third kappa shape index (κ3) is 2.85.